The molecule has 0 saturated heterocycles. The summed E-state index contributed by atoms with van der Waals surface area (Å²) in [6.07, 6.45) is -1.06. The molecule has 0 heterocycles. The number of hydrogen-bond donors (Lipinski definition) is 4. The number of alkyl halides is 3. The summed E-state index contributed by atoms with van der Waals surface area (Å²) in [6.45, 7) is 0. The molecule has 5 nitrogen and oxygen atoms in total. The maximum atomic E-state index is 12.1. The van der Waals surface area contributed by atoms with Gasteiger partial charge in [0.15, 0.2) is 11.3 Å². The highest BCUT2D eigenvalue weighted by atomic mass is 79.9. The quantitative estimate of drug-likeness (QED) is 0.265. The first-order chi connectivity index (χ1) is 12.2. The Morgan fingerprint density at radius 3 is 2.08 bits per heavy atom. The van der Waals surface area contributed by atoms with E-state index in [1.807, 2.05) is 30.3 Å². The van der Waals surface area contributed by atoms with Gasteiger partial charge in [0.1, 0.15) is 0 Å². The van der Waals surface area contributed by atoms with E-state index < -0.39 is 16.0 Å². The SMILES string of the molecule is O=C(Nc1ccccc1)N[C@@H](NC(=S)Nc1ccc(Br)cc1)C(Cl)(Cl)Cl. The smallest absolute Gasteiger partial charge is 0.320 e. The van der Waals surface area contributed by atoms with Gasteiger partial charge in [-0.05, 0) is 48.6 Å². The molecule has 0 fully saturated rings. The zero-order chi connectivity index (χ0) is 19.2. The van der Waals surface area contributed by atoms with Crippen molar-refractivity contribution in [1.29, 1.82) is 0 Å². The van der Waals surface area contributed by atoms with E-state index in [9.17, 15) is 4.79 Å². The van der Waals surface area contributed by atoms with Crippen molar-refractivity contribution in [1.82, 2.24) is 10.6 Å². The van der Waals surface area contributed by atoms with Gasteiger partial charge in [-0.3, -0.25) is 0 Å². The number of anilines is 2. The minimum absolute atomic E-state index is 0.184. The van der Waals surface area contributed by atoms with Gasteiger partial charge in [-0.2, -0.15) is 0 Å². The molecule has 26 heavy (non-hydrogen) atoms. The normalized spacial score (nSPS) is 12.0. The first-order valence-electron chi connectivity index (χ1n) is 7.26. The number of amides is 2. The second-order valence-corrected chi connectivity index (χ2v) is 8.74. The molecular weight excluding hydrogens is 483 g/mol. The Hall–Kier alpha value is -1.25. The molecule has 10 heteroatoms. The predicted molar refractivity (Wildman–Crippen MR) is 116 cm³/mol. The zero-order valence-electron chi connectivity index (χ0n) is 13.1. The molecule has 0 aliphatic rings. The Labute approximate surface area is 179 Å². The van der Waals surface area contributed by atoms with E-state index in [1.54, 1.807) is 24.3 Å². The molecule has 2 amide bonds. The average Bonchev–Trinajstić information content (AvgIpc) is 2.56. The minimum Gasteiger partial charge on any atom is -0.339 e. The van der Waals surface area contributed by atoms with Crippen LogP contribution in [0, 0.1) is 0 Å². The van der Waals surface area contributed by atoms with Crippen molar-refractivity contribution in [2.45, 2.75) is 9.96 Å². The standard InChI is InChI=1S/C16H14BrCl3N4OS/c17-10-6-8-12(9-7-10)22-15(26)24-13(16(18,19)20)23-14(25)21-11-4-2-1-3-5-11/h1-9,13H,(H2,21,23,25)(H2,22,24,26)/t13-/m0/s1. The van der Waals surface area contributed by atoms with Crippen LogP contribution in [-0.2, 0) is 0 Å². The van der Waals surface area contributed by atoms with Crippen LogP contribution < -0.4 is 21.3 Å². The number of rotatable bonds is 4. The van der Waals surface area contributed by atoms with Gasteiger partial charge in [0.05, 0.1) is 0 Å². The first-order valence-corrected chi connectivity index (χ1v) is 9.60. The van der Waals surface area contributed by atoms with Crippen LogP contribution in [0.1, 0.15) is 0 Å². The van der Waals surface area contributed by atoms with Gasteiger partial charge in [-0.15, -0.1) is 0 Å². The van der Waals surface area contributed by atoms with Gasteiger partial charge < -0.3 is 21.3 Å². The van der Waals surface area contributed by atoms with E-state index in [1.165, 1.54) is 0 Å². The highest BCUT2D eigenvalue weighted by Gasteiger charge is 2.34. The molecule has 0 aromatic heterocycles. The number of para-hydroxylation sites is 1. The van der Waals surface area contributed by atoms with E-state index >= 15 is 0 Å². The maximum absolute atomic E-state index is 12.1. The molecule has 0 radical (unpaired) electrons. The number of carbonyl (C=O) groups is 1. The Balaban J connectivity index is 1.97. The fraction of sp³-hybridized carbons (Fsp3) is 0.125. The van der Waals surface area contributed by atoms with Gasteiger partial charge in [0, 0.05) is 15.8 Å². The highest BCUT2D eigenvalue weighted by Crippen LogP contribution is 2.29. The van der Waals surface area contributed by atoms with Crippen molar-refractivity contribution < 1.29 is 4.79 Å². The molecule has 2 aromatic rings. The number of hydrogen-bond acceptors (Lipinski definition) is 2. The minimum atomic E-state index is -1.83. The molecular formula is C16H14BrCl3N4OS. The maximum Gasteiger partial charge on any atom is 0.320 e. The van der Waals surface area contributed by atoms with Crippen LogP contribution in [0.15, 0.2) is 59.1 Å². The first kappa shape index (κ1) is 21.1. The average molecular weight is 497 g/mol. The Morgan fingerprint density at radius 2 is 1.50 bits per heavy atom. The number of carbonyl (C=O) groups excluding carboxylic acids is 1. The third kappa shape index (κ3) is 7.17. The summed E-state index contributed by atoms with van der Waals surface area (Å²) < 4.78 is -0.903. The fourth-order valence-corrected chi connectivity index (χ4v) is 2.68. The predicted octanol–water partition coefficient (Wildman–Crippen LogP) is 5.25. The molecule has 0 aliphatic carbocycles. The van der Waals surface area contributed by atoms with Crippen LogP contribution in [0.4, 0.5) is 16.2 Å². The number of benzene rings is 2. The van der Waals surface area contributed by atoms with Crippen LogP contribution in [0.3, 0.4) is 0 Å². The lowest BCUT2D eigenvalue weighted by Crippen LogP contribution is -2.57. The summed E-state index contributed by atoms with van der Waals surface area (Å²) in [4.78, 5) is 12.1. The van der Waals surface area contributed by atoms with Crippen LogP contribution >= 0.6 is 63.0 Å². The summed E-state index contributed by atoms with van der Waals surface area (Å²) in [5.74, 6) is 0. The Bertz CT molecular complexity index is 756. The molecule has 2 aromatic carbocycles. The van der Waals surface area contributed by atoms with E-state index in [2.05, 4.69) is 37.2 Å². The van der Waals surface area contributed by atoms with Gasteiger partial charge in [-0.25, -0.2) is 4.79 Å². The Kier molecular flexibility index (Phi) is 7.79. The van der Waals surface area contributed by atoms with Gasteiger partial charge >= 0.3 is 6.03 Å². The monoisotopic (exact) mass is 494 g/mol. The lowest BCUT2D eigenvalue weighted by molar-refractivity contribution is 0.247. The second kappa shape index (κ2) is 9.62. The number of urea groups is 1. The van der Waals surface area contributed by atoms with E-state index in [0.29, 0.717) is 5.69 Å². The van der Waals surface area contributed by atoms with Crippen molar-refractivity contribution in [3.05, 3.63) is 59.1 Å². The van der Waals surface area contributed by atoms with Crippen LogP contribution in [-0.4, -0.2) is 21.1 Å². The van der Waals surface area contributed by atoms with Crippen molar-refractivity contribution in [2.24, 2.45) is 0 Å². The van der Waals surface area contributed by atoms with E-state index in [4.69, 9.17) is 47.0 Å². The van der Waals surface area contributed by atoms with E-state index in [-0.39, 0.29) is 5.11 Å². The molecule has 0 unspecified atom stereocenters. The molecule has 0 bridgehead atoms. The summed E-state index contributed by atoms with van der Waals surface area (Å²) >= 11 is 26.4. The summed E-state index contributed by atoms with van der Waals surface area (Å²) in [7, 11) is 0. The molecule has 0 aliphatic heterocycles. The van der Waals surface area contributed by atoms with Crippen molar-refractivity contribution >= 4 is 85.5 Å². The van der Waals surface area contributed by atoms with E-state index in [0.717, 1.165) is 10.2 Å². The molecule has 0 spiro atoms. The Morgan fingerprint density at radius 1 is 0.923 bits per heavy atom. The lowest BCUT2D eigenvalue weighted by Gasteiger charge is -2.27. The number of thiocarbonyl (C=S) groups is 1. The molecule has 4 N–H and O–H groups in total. The van der Waals surface area contributed by atoms with Gasteiger partial charge in [0.25, 0.3) is 0 Å². The second-order valence-electron chi connectivity index (χ2n) is 5.04. The third-order valence-corrected chi connectivity index (χ3v) is 4.42. The largest absolute Gasteiger partial charge is 0.339 e. The molecule has 1 atom stereocenters. The summed E-state index contributed by atoms with van der Waals surface area (Å²) in [5, 5.41) is 11.1. The highest BCUT2D eigenvalue weighted by molar-refractivity contribution is 9.10. The lowest BCUT2D eigenvalue weighted by atomic mass is 10.3. The fourth-order valence-electron chi connectivity index (χ4n) is 1.85. The molecule has 138 valence electrons. The van der Waals surface area contributed by atoms with Crippen molar-refractivity contribution in [2.75, 3.05) is 10.6 Å². The van der Waals surface area contributed by atoms with Crippen LogP contribution in [0.25, 0.3) is 0 Å². The van der Waals surface area contributed by atoms with Crippen molar-refractivity contribution in [3.63, 3.8) is 0 Å². The third-order valence-electron chi connectivity index (χ3n) is 3.01. The topological polar surface area (TPSA) is 65.2 Å². The van der Waals surface area contributed by atoms with Gasteiger partial charge in [0.2, 0.25) is 3.79 Å². The van der Waals surface area contributed by atoms with Crippen LogP contribution in [0.5, 0.6) is 0 Å². The van der Waals surface area contributed by atoms with Crippen molar-refractivity contribution in [3.8, 4) is 0 Å². The van der Waals surface area contributed by atoms with Gasteiger partial charge in [-0.1, -0.05) is 68.9 Å². The zero-order valence-corrected chi connectivity index (χ0v) is 17.8. The molecule has 0 saturated carbocycles. The molecule has 2 rings (SSSR count). The number of halogens is 4. The number of nitrogens with one attached hydrogen (secondary N) is 4. The summed E-state index contributed by atoms with van der Waals surface area (Å²) in [6, 6.07) is 15.7. The summed E-state index contributed by atoms with van der Waals surface area (Å²) in [5.41, 5.74) is 1.34. The van der Waals surface area contributed by atoms with Crippen LogP contribution in [0.2, 0.25) is 0 Å².